The summed E-state index contributed by atoms with van der Waals surface area (Å²) in [5.74, 6) is 0. The summed E-state index contributed by atoms with van der Waals surface area (Å²) in [6, 6.07) is 41.4. The zero-order chi connectivity index (χ0) is 27.1. The highest BCUT2D eigenvalue weighted by Crippen LogP contribution is 2.58. The molecular weight excluding hydrogens is 609 g/mol. The number of imidazole rings is 2. The SMILES string of the molecule is S=c1n(-c2ccccc2)c2c(n1-c1ccccc1)-c1c(n(-c3ccccc3)c(=S)n1-c1ccccc1)SSSS2. The fourth-order valence-corrected chi connectivity index (χ4v) is 11.7. The van der Waals surface area contributed by atoms with Gasteiger partial charge in [0.1, 0.15) is 21.4 Å². The highest BCUT2D eigenvalue weighted by atomic mass is 33.7. The van der Waals surface area contributed by atoms with Gasteiger partial charge in [-0.25, -0.2) is 0 Å². The Labute approximate surface area is 257 Å². The summed E-state index contributed by atoms with van der Waals surface area (Å²) in [4.78, 5) is 0. The average Bonchev–Trinajstić information content (AvgIpc) is 3.44. The normalized spacial score (nSPS) is 12.8. The Kier molecular flexibility index (Phi) is 7.29. The van der Waals surface area contributed by atoms with Crippen LogP contribution in [0, 0.1) is 9.54 Å². The monoisotopic (exact) mass is 628 g/mol. The lowest BCUT2D eigenvalue weighted by atomic mass is 10.2. The Bertz CT molecular complexity index is 1780. The van der Waals surface area contributed by atoms with E-state index in [1.165, 1.54) is 0 Å². The third-order valence-corrected chi connectivity index (χ3v) is 13.3. The molecule has 0 N–H and O–H groups in total. The number of hydrogen-bond acceptors (Lipinski definition) is 6. The number of aromatic nitrogens is 4. The molecule has 3 heterocycles. The predicted octanol–water partition coefficient (Wildman–Crippen LogP) is 10.4. The van der Waals surface area contributed by atoms with Crippen molar-refractivity contribution in [2.75, 3.05) is 0 Å². The molecule has 0 fully saturated rings. The van der Waals surface area contributed by atoms with E-state index in [4.69, 9.17) is 24.4 Å². The first kappa shape index (κ1) is 26.1. The fraction of sp³-hybridized carbons (Fsp3) is 0. The standard InChI is InChI=1S/C30H20N4S6/c35-29-31(21-13-5-1-6-14-21)25-26-28(38-40-39-37-27(25)33(29)23-17-9-3-10-18-23)34(24-19-11-4-12-20-24)30(36)32(26)22-15-7-2-8-16-22/h1-20H. The van der Waals surface area contributed by atoms with Gasteiger partial charge in [0.05, 0.1) is 0 Å². The van der Waals surface area contributed by atoms with Gasteiger partial charge in [-0.05, 0) is 114 Å². The second kappa shape index (κ2) is 11.2. The van der Waals surface area contributed by atoms with E-state index in [2.05, 4.69) is 115 Å². The van der Waals surface area contributed by atoms with E-state index >= 15 is 0 Å². The van der Waals surface area contributed by atoms with E-state index in [0.29, 0.717) is 9.54 Å². The van der Waals surface area contributed by atoms with Gasteiger partial charge in [-0.3, -0.25) is 18.3 Å². The molecule has 2 aromatic heterocycles. The summed E-state index contributed by atoms with van der Waals surface area (Å²) < 4.78 is 10.2. The minimum Gasteiger partial charge on any atom is -0.282 e. The van der Waals surface area contributed by atoms with E-state index in [-0.39, 0.29) is 0 Å². The molecule has 0 radical (unpaired) electrons. The Balaban J connectivity index is 1.68. The van der Waals surface area contributed by atoms with Gasteiger partial charge < -0.3 is 0 Å². The topological polar surface area (TPSA) is 19.7 Å². The lowest BCUT2D eigenvalue weighted by molar-refractivity contribution is 0.914. The molecule has 0 spiro atoms. The zero-order valence-corrected chi connectivity index (χ0v) is 25.7. The molecule has 196 valence electrons. The average molecular weight is 629 g/mol. The van der Waals surface area contributed by atoms with Gasteiger partial charge in [0, 0.05) is 22.7 Å². The van der Waals surface area contributed by atoms with Crippen molar-refractivity contribution in [1.29, 1.82) is 0 Å². The van der Waals surface area contributed by atoms with E-state index in [0.717, 1.165) is 44.2 Å². The van der Waals surface area contributed by atoms with Crippen LogP contribution in [0.5, 0.6) is 0 Å². The van der Waals surface area contributed by atoms with Gasteiger partial charge in [-0.2, -0.15) is 0 Å². The van der Waals surface area contributed by atoms with Gasteiger partial charge in [0.2, 0.25) is 0 Å². The molecule has 6 aromatic rings. The fourth-order valence-electron chi connectivity index (χ4n) is 4.87. The molecule has 40 heavy (non-hydrogen) atoms. The van der Waals surface area contributed by atoms with Crippen LogP contribution in [0.25, 0.3) is 34.1 Å². The van der Waals surface area contributed by atoms with Crippen molar-refractivity contribution in [2.24, 2.45) is 0 Å². The molecule has 0 amide bonds. The Morgan fingerprint density at radius 3 is 0.950 bits per heavy atom. The highest BCUT2D eigenvalue weighted by molar-refractivity contribution is 9.26. The van der Waals surface area contributed by atoms with E-state index in [1.807, 2.05) is 24.3 Å². The first-order chi connectivity index (χ1) is 19.7. The molecule has 1 aliphatic rings. The molecule has 4 nitrogen and oxygen atoms in total. The van der Waals surface area contributed by atoms with Crippen molar-refractivity contribution in [3.05, 3.63) is 131 Å². The molecule has 0 bridgehead atoms. The second-order valence-corrected chi connectivity index (χ2v) is 15.2. The maximum atomic E-state index is 6.28. The number of para-hydroxylation sites is 4. The molecule has 0 unspecified atom stereocenters. The minimum absolute atomic E-state index is 0.705. The Morgan fingerprint density at radius 2 is 0.650 bits per heavy atom. The lowest BCUT2D eigenvalue weighted by Crippen LogP contribution is -2.03. The minimum atomic E-state index is 0.705. The second-order valence-electron chi connectivity index (χ2n) is 8.86. The Hall–Kier alpha value is -2.86. The molecule has 4 aromatic carbocycles. The summed E-state index contributed by atoms with van der Waals surface area (Å²) in [6.45, 7) is 0. The molecule has 0 saturated heterocycles. The summed E-state index contributed by atoms with van der Waals surface area (Å²) in [7, 11) is 6.93. The molecule has 10 heteroatoms. The molecule has 1 aliphatic heterocycles. The zero-order valence-electron chi connectivity index (χ0n) is 20.8. The molecule has 0 saturated carbocycles. The highest BCUT2D eigenvalue weighted by Gasteiger charge is 2.32. The summed E-state index contributed by atoms with van der Waals surface area (Å²) in [5.41, 5.74) is 6.10. The van der Waals surface area contributed by atoms with E-state index in [1.54, 1.807) is 41.2 Å². The molecule has 7 rings (SSSR count). The van der Waals surface area contributed by atoms with E-state index < -0.39 is 0 Å². The number of hydrogen-bond donors (Lipinski definition) is 0. The maximum absolute atomic E-state index is 6.28. The maximum Gasteiger partial charge on any atom is 0.190 e. The third-order valence-electron chi connectivity index (χ3n) is 6.56. The third kappa shape index (κ3) is 4.43. The van der Waals surface area contributed by atoms with Crippen LogP contribution >= 0.6 is 65.7 Å². The van der Waals surface area contributed by atoms with Gasteiger partial charge in [-0.1, -0.05) is 72.8 Å². The molecule has 0 aliphatic carbocycles. The quantitative estimate of drug-likeness (QED) is 0.142. The van der Waals surface area contributed by atoms with Crippen LogP contribution in [0.4, 0.5) is 0 Å². The van der Waals surface area contributed by atoms with Crippen LogP contribution in [0.1, 0.15) is 0 Å². The van der Waals surface area contributed by atoms with Crippen LogP contribution < -0.4 is 0 Å². The van der Waals surface area contributed by atoms with Crippen molar-refractivity contribution < 1.29 is 0 Å². The molecule has 0 atom stereocenters. The van der Waals surface area contributed by atoms with Crippen LogP contribution in [0.2, 0.25) is 0 Å². The van der Waals surface area contributed by atoms with Crippen molar-refractivity contribution in [1.82, 2.24) is 18.3 Å². The van der Waals surface area contributed by atoms with Crippen molar-refractivity contribution in [2.45, 2.75) is 10.1 Å². The van der Waals surface area contributed by atoms with Crippen LogP contribution in [0.3, 0.4) is 0 Å². The van der Waals surface area contributed by atoms with E-state index in [9.17, 15) is 0 Å². The van der Waals surface area contributed by atoms with Gasteiger partial charge in [-0.15, -0.1) is 0 Å². The number of benzene rings is 4. The van der Waals surface area contributed by atoms with Crippen molar-refractivity contribution in [3.63, 3.8) is 0 Å². The van der Waals surface area contributed by atoms with Crippen LogP contribution in [-0.2, 0) is 0 Å². The summed E-state index contributed by atoms with van der Waals surface area (Å²) >= 11 is 12.6. The van der Waals surface area contributed by atoms with Crippen LogP contribution in [-0.4, -0.2) is 18.3 Å². The smallest absolute Gasteiger partial charge is 0.190 e. The largest absolute Gasteiger partial charge is 0.282 e. The van der Waals surface area contributed by atoms with Crippen molar-refractivity contribution >= 4 is 65.7 Å². The van der Waals surface area contributed by atoms with Crippen LogP contribution in [0.15, 0.2) is 131 Å². The Morgan fingerprint density at radius 1 is 0.375 bits per heavy atom. The molecular formula is C30H20N4S6. The number of fused-ring (bicyclic) bond motifs is 3. The van der Waals surface area contributed by atoms with Gasteiger partial charge >= 0.3 is 0 Å². The summed E-state index contributed by atoms with van der Waals surface area (Å²) in [6.07, 6.45) is 0. The summed E-state index contributed by atoms with van der Waals surface area (Å²) in [5, 5.41) is 2.12. The van der Waals surface area contributed by atoms with Gasteiger partial charge in [0.25, 0.3) is 0 Å². The first-order valence-corrected chi connectivity index (χ1v) is 18.0. The van der Waals surface area contributed by atoms with Gasteiger partial charge in [0.15, 0.2) is 9.54 Å². The van der Waals surface area contributed by atoms with Crippen molar-refractivity contribution in [3.8, 4) is 34.1 Å². The predicted molar refractivity (Wildman–Crippen MR) is 178 cm³/mol. The first-order valence-electron chi connectivity index (χ1n) is 12.4. The number of rotatable bonds is 4. The number of nitrogens with zero attached hydrogens (tertiary/aromatic N) is 4. The lowest BCUT2D eigenvalue weighted by Gasteiger charge is -2.17.